The molecule has 3 N–H and O–H groups in total. The fraction of sp³-hybridized carbons (Fsp3) is 0.600. The first-order valence-electron chi connectivity index (χ1n) is 7.64. The summed E-state index contributed by atoms with van der Waals surface area (Å²) in [6.45, 7) is 2.40. The van der Waals surface area contributed by atoms with Crippen molar-refractivity contribution in [1.29, 1.82) is 0 Å². The van der Waals surface area contributed by atoms with Gasteiger partial charge in [0.15, 0.2) is 11.5 Å². The first-order valence-corrected chi connectivity index (χ1v) is 9.12. The molecule has 0 aromatic heterocycles. The van der Waals surface area contributed by atoms with Gasteiger partial charge in [-0.25, -0.2) is 13.1 Å². The molecule has 0 radical (unpaired) electrons. The highest BCUT2D eigenvalue weighted by Crippen LogP contribution is 2.36. The largest absolute Gasteiger partial charge is 0.454 e. The molecule has 1 aromatic rings. The predicted octanol–water partition coefficient (Wildman–Crippen LogP) is 1.94. The van der Waals surface area contributed by atoms with Crippen molar-refractivity contribution in [3.8, 4) is 11.5 Å². The number of halogens is 1. The molecule has 2 atom stereocenters. The molecule has 1 aromatic carbocycles. The van der Waals surface area contributed by atoms with E-state index in [9.17, 15) is 8.42 Å². The van der Waals surface area contributed by atoms with Crippen LogP contribution in [0.2, 0.25) is 0 Å². The molecule has 0 bridgehead atoms. The molecular weight excluding hydrogens is 340 g/mol. The van der Waals surface area contributed by atoms with Crippen LogP contribution in [0.15, 0.2) is 17.0 Å². The van der Waals surface area contributed by atoms with Crippen LogP contribution in [0.25, 0.3) is 0 Å². The second-order valence-electron chi connectivity index (χ2n) is 5.98. The topological polar surface area (TPSA) is 90.7 Å². The number of hydrogen-bond donors (Lipinski definition) is 2. The van der Waals surface area contributed by atoms with E-state index in [0.29, 0.717) is 23.6 Å². The summed E-state index contributed by atoms with van der Waals surface area (Å²) in [5.41, 5.74) is 6.43. The number of nitrogens with two attached hydrogens (primary N) is 1. The molecule has 2 aliphatic rings. The highest BCUT2D eigenvalue weighted by molar-refractivity contribution is 7.89. The highest BCUT2D eigenvalue weighted by atomic mass is 35.5. The van der Waals surface area contributed by atoms with Crippen LogP contribution < -0.4 is 19.9 Å². The highest BCUT2D eigenvalue weighted by Gasteiger charge is 2.30. The van der Waals surface area contributed by atoms with Crippen LogP contribution >= 0.6 is 12.4 Å². The molecule has 23 heavy (non-hydrogen) atoms. The molecule has 2 unspecified atom stereocenters. The van der Waals surface area contributed by atoms with Crippen LogP contribution in [-0.2, 0) is 10.0 Å². The first kappa shape index (κ1) is 18.3. The van der Waals surface area contributed by atoms with Gasteiger partial charge in [-0.3, -0.25) is 0 Å². The number of nitrogens with one attached hydrogen (secondary N) is 1. The normalized spacial score (nSPS) is 23.4. The Labute approximate surface area is 143 Å². The summed E-state index contributed by atoms with van der Waals surface area (Å²) in [4.78, 5) is 0.248. The number of hydrogen-bond acceptors (Lipinski definition) is 5. The summed E-state index contributed by atoms with van der Waals surface area (Å²) >= 11 is 0. The van der Waals surface area contributed by atoms with Gasteiger partial charge in [0.1, 0.15) is 0 Å². The van der Waals surface area contributed by atoms with Crippen LogP contribution in [0.3, 0.4) is 0 Å². The van der Waals surface area contributed by atoms with Gasteiger partial charge in [-0.15, -0.1) is 12.4 Å². The SMILES string of the molecule is Cc1cc2c(cc1S(=O)(=O)NC1CCCCC1CN)OCO2.Cl. The van der Waals surface area contributed by atoms with Crippen LogP contribution in [0.1, 0.15) is 31.2 Å². The number of aryl methyl sites for hydroxylation is 1. The molecule has 1 heterocycles. The minimum Gasteiger partial charge on any atom is -0.454 e. The van der Waals surface area contributed by atoms with Gasteiger partial charge in [0.25, 0.3) is 0 Å². The standard InChI is InChI=1S/C15H22N2O4S.ClH/c1-10-6-13-14(21-9-20-13)7-15(10)22(18,19)17-12-5-3-2-4-11(12)8-16;/h6-7,11-12,17H,2-5,8-9,16H2,1H3;1H. The summed E-state index contributed by atoms with van der Waals surface area (Å²) < 4.78 is 38.9. The fourth-order valence-corrected chi connectivity index (χ4v) is 4.80. The maximum absolute atomic E-state index is 12.7. The molecule has 0 spiro atoms. The number of rotatable bonds is 4. The average Bonchev–Trinajstić information content (AvgIpc) is 2.93. The second kappa shape index (κ2) is 7.25. The van der Waals surface area contributed by atoms with Crippen molar-refractivity contribution in [3.05, 3.63) is 17.7 Å². The zero-order valence-corrected chi connectivity index (χ0v) is 14.7. The Morgan fingerprint density at radius 1 is 1.22 bits per heavy atom. The summed E-state index contributed by atoms with van der Waals surface area (Å²) in [6.07, 6.45) is 3.96. The van der Waals surface area contributed by atoms with E-state index in [2.05, 4.69) is 4.72 Å². The fourth-order valence-electron chi connectivity index (χ4n) is 3.22. The van der Waals surface area contributed by atoms with E-state index in [1.54, 1.807) is 19.1 Å². The quantitative estimate of drug-likeness (QED) is 0.854. The zero-order chi connectivity index (χ0) is 15.7. The van der Waals surface area contributed by atoms with E-state index in [0.717, 1.165) is 25.7 Å². The van der Waals surface area contributed by atoms with E-state index >= 15 is 0 Å². The van der Waals surface area contributed by atoms with Gasteiger partial charge in [0.05, 0.1) is 4.90 Å². The molecule has 0 saturated heterocycles. The van der Waals surface area contributed by atoms with E-state index < -0.39 is 10.0 Å². The van der Waals surface area contributed by atoms with Crippen molar-refractivity contribution >= 4 is 22.4 Å². The molecule has 0 amide bonds. The minimum absolute atomic E-state index is 0. The van der Waals surface area contributed by atoms with Gasteiger partial charge in [-0.1, -0.05) is 12.8 Å². The monoisotopic (exact) mass is 362 g/mol. The molecule has 1 fully saturated rings. The Morgan fingerprint density at radius 2 is 1.87 bits per heavy atom. The predicted molar refractivity (Wildman–Crippen MR) is 89.7 cm³/mol. The van der Waals surface area contributed by atoms with Crippen LogP contribution in [-0.4, -0.2) is 27.8 Å². The summed E-state index contributed by atoms with van der Waals surface area (Å²) in [7, 11) is -3.60. The maximum Gasteiger partial charge on any atom is 0.241 e. The zero-order valence-electron chi connectivity index (χ0n) is 13.1. The minimum atomic E-state index is -3.60. The number of benzene rings is 1. The van der Waals surface area contributed by atoms with Crippen LogP contribution in [0, 0.1) is 12.8 Å². The molecule has 8 heteroatoms. The van der Waals surface area contributed by atoms with E-state index in [-0.39, 0.29) is 36.1 Å². The first-order chi connectivity index (χ1) is 10.5. The lowest BCUT2D eigenvalue weighted by atomic mass is 9.85. The van der Waals surface area contributed by atoms with Crippen molar-refractivity contribution < 1.29 is 17.9 Å². The Kier molecular flexibility index (Phi) is 5.78. The Balaban J connectivity index is 0.00000192. The molecular formula is C15H23ClN2O4S. The summed E-state index contributed by atoms with van der Waals surface area (Å²) in [6, 6.07) is 3.16. The van der Waals surface area contributed by atoms with Crippen LogP contribution in [0.4, 0.5) is 0 Å². The van der Waals surface area contributed by atoms with Crippen molar-refractivity contribution in [2.24, 2.45) is 11.7 Å². The van der Waals surface area contributed by atoms with Crippen molar-refractivity contribution in [2.75, 3.05) is 13.3 Å². The van der Waals surface area contributed by atoms with E-state index in [1.807, 2.05) is 0 Å². The van der Waals surface area contributed by atoms with Gasteiger partial charge in [-0.2, -0.15) is 0 Å². The Morgan fingerprint density at radius 3 is 2.57 bits per heavy atom. The number of fused-ring (bicyclic) bond motifs is 1. The van der Waals surface area contributed by atoms with Crippen molar-refractivity contribution in [2.45, 2.75) is 43.5 Å². The van der Waals surface area contributed by atoms with Crippen molar-refractivity contribution in [3.63, 3.8) is 0 Å². The molecule has 6 nitrogen and oxygen atoms in total. The second-order valence-corrected chi connectivity index (χ2v) is 7.66. The molecule has 1 aliphatic carbocycles. The van der Waals surface area contributed by atoms with Gasteiger partial charge in [-0.05, 0) is 43.9 Å². The van der Waals surface area contributed by atoms with Gasteiger partial charge in [0.2, 0.25) is 16.8 Å². The van der Waals surface area contributed by atoms with E-state index in [1.165, 1.54) is 0 Å². The lowest BCUT2D eigenvalue weighted by Crippen LogP contribution is -2.44. The lowest BCUT2D eigenvalue weighted by Gasteiger charge is -2.31. The molecule has 1 saturated carbocycles. The lowest BCUT2D eigenvalue weighted by molar-refractivity contribution is 0.174. The molecule has 3 rings (SSSR count). The van der Waals surface area contributed by atoms with Gasteiger partial charge >= 0.3 is 0 Å². The molecule has 130 valence electrons. The summed E-state index contributed by atoms with van der Waals surface area (Å²) in [5, 5.41) is 0. The maximum atomic E-state index is 12.7. The van der Waals surface area contributed by atoms with Crippen molar-refractivity contribution in [1.82, 2.24) is 4.72 Å². The molecule has 1 aliphatic heterocycles. The van der Waals surface area contributed by atoms with Gasteiger partial charge < -0.3 is 15.2 Å². The third kappa shape index (κ3) is 3.74. The number of ether oxygens (including phenoxy) is 2. The van der Waals surface area contributed by atoms with Crippen LogP contribution in [0.5, 0.6) is 11.5 Å². The Hall–Kier alpha value is -1.02. The third-order valence-electron chi connectivity index (χ3n) is 4.48. The Bertz CT molecular complexity index is 666. The smallest absolute Gasteiger partial charge is 0.241 e. The third-order valence-corrected chi connectivity index (χ3v) is 6.11. The average molecular weight is 363 g/mol. The van der Waals surface area contributed by atoms with Gasteiger partial charge in [0, 0.05) is 12.1 Å². The van der Waals surface area contributed by atoms with E-state index in [4.69, 9.17) is 15.2 Å². The summed E-state index contributed by atoms with van der Waals surface area (Å²) in [5.74, 6) is 1.27. The number of sulfonamides is 1.